The van der Waals surface area contributed by atoms with Gasteiger partial charge in [0, 0.05) is 24.7 Å². The highest BCUT2D eigenvalue weighted by Crippen LogP contribution is 2.38. The fraction of sp³-hybridized carbons (Fsp3) is 0.488. The molecule has 3 aromatic rings. The van der Waals surface area contributed by atoms with E-state index in [4.69, 9.17) is 4.74 Å². The third-order valence-electron chi connectivity index (χ3n) is 9.71. The maximum absolute atomic E-state index is 11.8. The van der Waals surface area contributed by atoms with Gasteiger partial charge in [-0.15, -0.1) is 0 Å². The lowest BCUT2D eigenvalue weighted by molar-refractivity contribution is -0.139. The summed E-state index contributed by atoms with van der Waals surface area (Å²) >= 11 is 0. The second-order valence-corrected chi connectivity index (χ2v) is 13.2. The summed E-state index contributed by atoms with van der Waals surface area (Å²) in [5.41, 5.74) is 9.11. The van der Waals surface area contributed by atoms with Crippen LogP contribution in [0.4, 0.5) is 0 Å². The van der Waals surface area contributed by atoms with Gasteiger partial charge in [0.25, 0.3) is 0 Å². The number of carbonyl (C=O) groups excluding carboxylic acids is 1. The zero-order valence-electron chi connectivity index (χ0n) is 27.6. The van der Waals surface area contributed by atoms with E-state index in [1.165, 1.54) is 79.2 Å². The molecule has 2 N–H and O–H groups in total. The fourth-order valence-corrected chi connectivity index (χ4v) is 6.70. The Hall–Kier alpha value is -3.21. The standard InChI is InChI=1S/C41H54O4/c1-4-5-6-8-31-10-13-33(14-11-31)34-16-18-35(19-17-34)36-20-22-38(23-21-36)40-25-24-37(15-12-32(28-42)29-43)39(27-40)9-7-26-45-41(44)30(2)3/h16-25,27,31-33,42-43H,2,4-15,26,28-29H2,1,3H3. The number of hydrogen-bond acceptors (Lipinski definition) is 4. The summed E-state index contributed by atoms with van der Waals surface area (Å²) in [5.74, 6) is 1.17. The molecule has 4 rings (SSSR count). The van der Waals surface area contributed by atoms with Crippen molar-refractivity contribution in [3.63, 3.8) is 0 Å². The Morgan fingerprint density at radius 1 is 0.800 bits per heavy atom. The normalized spacial score (nSPS) is 16.6. The van der Waals surface area contributed by atoms with Gasteiger partial charge in [-0.2, -0.15) is 0 Å². The van der Waals surface area contributed by atoms with Crippen molar-refractivity contribution in [3.8, 4) is 22.3 Å². The van der Waals surface area contributed by atoms with Crippen LogP contribution in [0.25, 0.3) is 22.3 Å². The van der Waals surface area contributed by atoms with Gasteiger partial charge in [-0.05, 0) is 109 Å². The summed E-state index contributed by atoms with van der Waals surface area (Å²) in [6.45, 7) is 7.91. The Bertz CT molecular complexity index is 1330. The van der Waals surface area contributed by atoms with Crippen molar-refractivity contribution in [1.29, 1.82) is 0 Å². The molecule has 45 heavy (non-hydrogen) atoms. The lowest BCUT2D eigenvalue weighted by atomic mass is 9.77. The number of aliphatic hydroxyl groups excluding tert-OH is 2. The molecule has 0 amide bonds. The smallest absolute Gasteiger partial charge is 0.333 e. The van der Waals surface area contributed by atoms with E-state index < -0.39 is 0 Å². The quantitative estimate of drug-likeness (QED) is 0.0908. The third kappa shape index (κ3) is 10.4. The highest BCUT2D eigenvalue weighted by molar-refractivity contribution is 5.86. The van der Waals surface area contributed by atoms with Crippen molar-refractivity contribution >= 4 is 5.97 Å². The van der Waals surface area contributed by atoms with Crippen LogP contribution in [-0.2, 0) is 22.4 Å². The molecule has 0 bridgehead atoms. The van der Waals surface area contributed by atoms with Crippen LogP contribution in [0.3, 0.4) is 0 Å². The van der Waals surface area contributed by atoms with Crippen LogP contribution in [0, 0.1) is 11.8 Å². The molecule has 0 aliphatic heterocycles. The molecule has 3 aromatic carbocycles. The molecule has 1 aliphatic rings. The Labute approximate surface area is 271 Å². The average molecular weight is 611 g/mol. The SMILES string of the molecule is C=C(C)C(=O)OCCCc1cc(-c2ccc(-c3ccc(C4CCC(CCCCC)CC4)cc3)cc2)ccc1CCC(CO)CO. The van der Waals surface area contributed by atoms with E-state index in [0.717, 1.165) is 36.3 Å². The predicted molar refractivity (Wildman–Crippen MR) is 186 cm³/mol. The molecule has 0 radical (unpaired) electrons. The van der Waals surface area contributed by atoms with E-state index in [9.17, 15) is 15.0 Å². The minimum atomic E-state index is -0.354. The second-order valence-electron chi connectivity index (χ2n) is 13.2. The first-order chi connectivity index (χ1) is 21.9. The minimum absolute atomic E-state index is 0.0178. The molecular formula is C41H54O4. The maximum atomic E-state index is 11.8. The van der Waals surface area contributed by atoms with E-state index in [1.54, 1.807) is 6.92 Å². The van der Waals surface area contributed by atoms with E-state index >= 15 is 0 Å². The van der Waals surface area contributed by atoms with Crippen LogP contribution >= 0.6 is 0 Å². The van der Waals surface area contributed by atoms with Crippen LogP contribution in [-0.4, -0.2) is 36.0 Å². The van der Waals surface area contributed by atoms with E-state index in [2.05, 4.69) is 80.2 Å². The number of hydrogen-bond donors (Lipinski definition) is 2. The molecule has 0 spiro atoms. The summed E-state index contributed by atoms with van der Waals surface area (Å²) < 4.78 is 5.33. The molecular weight excluding hydrogens is 556 g/mol. The predicted octanol–water partition coefficient (Wildman–Crippen LogP) is 9.46. The summed E-state index contributed by atoms with van der Waals surface area (Å²) in [4.78, 5) is 11.8. The molecule has 242 valence electrons. The zero-order valence-corrected chi connectivity index (χ0v) is 27.6. The molecule has 0 atom stereocenters. The molecule has 1 saturated carbocycles. The molecule has 1 aliphatic carbocycles. The largest absolute Gasteiger partial charge is 0.462 e. The highest BCUT2D eigenvalue weighted by Gasteiger charge is 2.22. The van der Waals surface area contributed by atoms with Gasteiger partial charge in [0.05, 0.1) is 6.61 Å². The third-order valence-corrected chi connectivity index (χ3v) is 9.71. The molecule has 0 heterocycles. The Morgan fingerprint density at radius 3 is 2.00 bits per heavy atom. The lowest BCUT2D eigenvalue weighted by Gasteiger charge is -2.29. The highest BCUT2D eigenvalue weighted by atomic mass is 16.5. The van der Waals surface area contributed by atoms with Gasteiger partial charge >= 0.3 is 5.97 Å². The van der Waals surface area contributed by atoms with Crippen molar-refractivity contribution in [3.05, 3.63) is 95.6 Å². The molecule has 0 aromatic heterocycles. The van der Waals surface area contributed by atoms with Crippen molar-refractivity contribution in [2.45, 2.75) is 96.8 Å². The number of carbonyl (C=O) groups is 1. The van der Waals surface area contributed by atoms with Crippen LogP contribution in [0.2, 0.25) is 0 Å². The van der Waals surface area contributed by atoms with Gasteiger partial charge in [0.1, 0.15) is 0 Å². The molecule has 0 saturated heterocycles. The summed E-state index contributed by atoms with van der Waals surface area (Å²) in [6.07, 6.45) is 13.9. The zero-order chi connectivity index (χ0) is 32.0. The van der Waals surface area contributed by atoms with Gasteiger partial charge in [-0.1, -0.05) is 106 Å². The van der Waals surface area contributed by atoms with Crippen molar-refractivity contribution in [1.82, 2.24) is 0 Å². The molecule has 4 nitrogen and oxygen atoms in total. The van der Waals surface area contributed by atoms with E-state index in [0.29, 0.717) is 24.5 Å². The molecule has 4 heteroatoms. The monoisotopic (exact) mass is 610 g/mol. The number of esters is 1. The van der Waals surface area contributed by atoms with Crippen molar-refractivity contribution in [2.24, 2.45) is 11.8 Å². The van der Waals surface area contributed by atoms with Crippen LogP contribution in [0.5, 0.6) is 0 Å². The second kappa shape index (κ2) is 18.1. The lowest BCUT2D eigenvalue weighted by Crippen LogP contribution is -2.13. The molecule has 1 fully saturated rings. The van der Waals surface area contributed by atoms with E-state index in [-0.39, 0.29) is 25.1 Å². The molecule has 0 unspecified atom stereocenters. The first-order valence-electron chi connectivity index (χ1n) is 17.3. The number of ether oxygens (including phenoxy) is 1. The number of aryl methyl sites for hydroxylation is 2. The van der Waals surface area contributed by atoms with Crippen molar-refractivity contribution < 1.29 is 19.7 Å². The van der Waals surface area contributed by atoms with Gasteiger partial charge in [-0.25, -0.2) is 4.79 Å². The number of unbranched alkanes of at least 4 members (excludes halogenated alkanes) is 2. The maximum Gasteiger partial charge on any atom is 0.333 e. The van der Waals surface area contributed by atoms with Crippen LogP contribution in [0.15, 0.2) is 78.9 Å². The summed E-state index contributed by atoms with van der Waals surface area (Å²) in [6, 6.07) is 24.7. The van der Waals surface area contributed by atoms with Gasteiger partial charge < -0.3 is 14.9 Å². The van der Waals surface area contributed by atoms with Crippen LogP contribution in [0.1, 0.15) is 101 Å². The van der Waals surface area contributed by atoms with E-state index in [1.807, 2.05) is 0 Å². The summed E-state index contributed by atoms with van der Waals surface area (Å²) in [5, 5.41) is 19.1. The van der Waals surface area contributed by atoms with Crippen molar-refractivity contribution in [2.75, 3.05) is 19.8 Å². The topological polar surface area (TPSA) is 66.8 Å². The van der Waals surface area contributed by atoms with Gasteiger partial charge in [0.2, 0.25) is 0 Å². The van der Waals surface area contributed by atoms with Gasteiger partial charge in [-0.3, -0.25) is 0 Å². The number of benzene rings is 3. The number of aliphatic hydroxyl groups is 2. The van der Waals surface area contributed by atoms with Gasteiger partial charge in [0.15, 0.2) is 0 Å². The Kier molecular flexibility index (Phi) is 13.9. The average Bonchev–Trinajstić information content (AvgIpc) is 3.08. The minimum Gasteiger partial charge on any atom is -0.462 e. The summed E-state index contributed by atoms with van der Waals surface area (Å²) in [7, 11) is 0. The first kappa shape index (κ1) is 34.7. The van der Waals surface area contributed by atoms with Crippen LogP contribution < -0.4 is 0 Å². The number of rotatable bonds is 17. The fourth-order valence-electron chi connectivity index (χ4n) is 6.70. The first-order valence-corrected chi connectivity index (χ1v) is 17.3. The Balaban J connectivity index is 1.40. The Morgan fingerprint density at radius 2 is 1.40 bits per heavy atom.